The van der Waals surface area contributed by atoms with Crippen LogP contribution in [0.4, 0.5) is 0 Å². The summed E-state index contributed by atoms with van der Waals surface area (Å²) in [6.07, 6.45) is 3.87. The lowest BCUT2D eigenvalue weighted by Crippen LogP contribution is -2.46. The average molecular weight is 312 g/mol. The molecule has 23 heavy (non-hydrogen) atoms. The van der Waals surface area contributed by atoms with Gasteiger partial charge in [0.1, 0.15) is 11.6 Å². The Bertz CT molecular complexity index is 626. The summed E-state index contributed by atoms with van der Waals surface area (Å²) in [5.74, 6) is 1.73. The van der Waals surface area contributed by atoms with Gasteiger partial charge in [0.05, 0.1) is 7.11 Å². The molecule has 1 aliphatic rings. The molecule has 1 fully saturated rings. The van der Waals surface area contributed by atoms with Gasteiger partial charge in [-0.05, 0) is 31.7 Å². The first kappa shape index (κ1) is 15.9. The second kappa shape index (κ2) is 7.06. The third-order valence-electron chi connectivity index (χ3n) is 4.47. The number of piperazine rings is 1. The number of benzene rings is 1. The van der Waals surface area contributed by atoms with Crippen molar-refractivity contribution < 1.29 is 4.74 Å². The first-order chi connectivity index (χ1) is 11.2. The Kier molecular flexibility index (Phi) is 4.88. The Labute approximate surface area is 137 Å². The van der Waals surface area contributed by atoms with Gasteiger partial charge in [0.25, 0.3) is 0 Å². The molecule has 3 rings (SSSR count). The zero-order valence-electron chi connectivity index (χ0n) is 14.1. The number of likely N-dealkylation sites (N-methyl/N-ethyl adjacent to an activating group) is 1. The summed E-state index contributed by atoms with van der Waals surface area (Å²) < 4.78 is 5.26. The van der Waals surface area contributed by atoms with E-state index in [4.69, 9.17) is 4.74 Å². The van der Waals surface area contributed by atoms with E-state index in [1.54, 1.807) is 7.11 Å². The molecular weight excluding hydrogens is 288 g/mol. The van der Waals surface area contributed by atoms with Gasteiger partial charge in [0.2, 0.25) is 0 Å². The molecule has 2 heterocycles. The van der Waals surface area contributed by atoms with Crippen molar-refractivity contribution in [3.05, 3.63) is 53.6 Å². The van der Waals surface area contributed by atoms with Gasteiger partial charge in [-0.2, -0.15) is 0 Å². The van der Waals surface area contributed by atoms with Crippen LogP contribution in [0.3, 0.4) is 0 Å². The highest BCUT2D eigenvalue weighted by Gasteiger charge is 2.25. The van der Waals surface area contributed by atoms with Gasteiger partial charge >= 0.3 is 0 Å². The van der Waals surface area contributed by atoms with Gasteiger partial charge in [-0.15, -0.1) is 0 Å². The molecule has 2 aromatic rings. The van der Waals surface area contributed by atoms with Crippen LogP contribution in [-0.4, -0.2) is 53.6 Å². The van der Waals surface area contributed by atoms with Crippen LogP contribution in [0.25, 0.3) is 0 Å². The number of hydrogen-bond acceptors (Lipinski definition) is 5. The van der Waals surface area contributed by atoms with Crippen molar-refractivity contribution in [1.29, 1.82) is 0 Å². The lowest BCUT2D eigenvalue weighted by molar-refractivity contribution is 0.0903. The highest BCUT2D eigenvalue weighted by molar-refractivity contribution is 5.29. The number of aryl methyl sites for hydroxylation is 1. The van der Waals surface area contributed by atoms with Crippen LogP contribution in [-0.2, 0) is 6.54 Å². The largest absolute Gasteiger partial charge is 0.497 e. The average Bonchev–Trinajstić information content (AvgIpc) is 2.59. The molecule has 5 heteroatoms. The second-order valence-corrected chi connectivity index (χ2v) is 6.14. The summed E-state index contributed by atoms with van der Waals surface area (Å²) in [6, 6.07) is 8.81. The van der Waals surface area contributed by atoms with E-state index >= 15 is 0 Å². The van der Waals surface area contributed by atoms with Crippen molar-refractivity contribution in [2.45, 2.75) is 19.5 Å². The molecule has 0 radical (unpaired) electrons. The topological polar surface area (TPSA) is 41.5 Å². The molecule has 0 N–H and O–H groups in total. The minimum absolute atomic E-state index is 0.404. The van der Waals surface area contributed by atoms with E-state index < -0.39 is 0 Å². The highest BCUT2D eigenvalue weighted by atomic mass is 16.5. The van der Waals surface area contributed by atoms with Crippen LogP contribution in [0.1, 0.15) is 23.0 Å². The van der Waals surface area contributed by atoms with Crippen LogP contribution >= 0.6 is 0 Å². The molecule has 1 aromatic carbocycles. The molecule has 0 amide bonds. The Morgan fingerprint density at radius 3 is 2.48 bits per heavy atom. The fourth-order valence-electron chi connectivity index (χ4n) is 3.02. The Balaban J connectivity index is 1.69. The summed E-state index contributed by atoms with van der Waals surface area (Å²) >= 11 is 0. The van der Waals surface area contributed by atoms with E-state index in [2.05, 4.69) is 38.9 Å². The van der Waals surface area contributed by atoms with Crippen molar-refractivity contribution in [1.82, 2.24) is 19.8 Å². The van der Waals surface area contributed by atoms with Gasteiger partial charge in [0, 0.05) is 50.2 Å². The number of methoxy groups -OCH3 is 1. The second-order valence-electron chi connectivity index (χ2n) is 6.14. The zero-order valence-corrected chi connectivity index (χ0v) is 14.1. The number of aromatic nitrogens is 2. The van der Waals surface area contributed by atoms with E-state index in [0.29, 0.717) is 6.04 Å². The normalized spacial score (nSPS) is 19.7. The van der Waals surface area contributed by atoms with E-state index in [1.165, 1.54) is 11.1 Å². The lowest BCUT2D eigenvalue weighted by atomic mass is 10.0. The SMILES string of the molecule is COc1ccc([C@H]2CN(Cc3cnc(C)nc3)CCN2C)cc1. The van der Waals surface area contributed by atoms with Crippen molar-refractivity contribution in [2.24, 2.45) is 0 Å². The lowest BCUT2D eigenvalue weighted by Gasteiger charge is -2.39. The molecule has 0 unspecified atom stereocenters. The predicted octanol–water partition coefficient (Wildman–Crippen LogP) is 2.28. The minimum Gasteiger partial charge on any atom is -0.497 e. The van der Waals surface area contributed by atoms with Crippen LogP contribution < -0.4 is 4.74 Å². The first-order valence-electron chi connectivity index (χ1n) is 8.00. The van der Waals surface area contributed by atoms with Crippen molar-refractivity contribution >= 4 is 0 Å². The van der Waals surface area contributed by atoms with Gasteiger partial charge < -0.3 is 4.74 Å². The summed E-state index contributed by atoms with van der Waals surface area (Å²) in [6.45, 7) is 5.96. The molecule has 122 valence electrons. The molecule has 1 atom stereocenters. The number of rotatable bonds is 4. The smallest absolute Gasteiger partial charge is 0.125 e. The molecule has 0 saturated carbocycles. The number of nitrogens with zero attached hydrogens (tertiary/aromatic N) is 4. The molecule has 0 bridgehead atoms. The van der Waals surface area contributed by atoms with Crippen LogP contribution in [0, 0.1) is 6.92 Å². The van der Waals surface area contributed by atoms with Crippen molar-refractivity contribution in [2.75, 3.05) is 33.8 Å². The molecule has 1 aliphatic heterocycles. The maximum absolute atomic E-state index is 5.26. The third kappa shape index (κ3) is 3.86. The molecule has 1 aromatic heterocycles. The highest BCUT2D eigenvalue weighted by Crippen LogP contribution is 2.26. The van der Waals surface area contributed by atoms with Crippen LogP contribution in [0.15, 0.2) is 36.7 Å². The summed E-state index contributed by atoms with van der Waals surface area (Å²) in [7, 11) is 3.90. The maximum atomic E-state index is 5.26. The first-order valence-corrected chi connectivity index (χ1v) is 8.00. The number of hydrogen-bond donors (Lipinski definition) is 0. The fourth-order valence-corrected chi connectivity index (χ4v) is 3.02. The maximum Gasteiger partial charge on any atom is 0.125 e. The molecule has 5 nitrogen and oxygen atoms in total. The van der Waals surface area contributed by atoms with Crippen LogP contribution in [0.2, 0.25) is 0 Å². The van der Waals surface area contributed by atoms with Gasteiger partial charge in [-0.3, -0.25) is 9.80 Å². The van der Waals surface area contributed by atoms with Gasteiger partial charge in [-0.25, -0.2) is 9.97 Å². The van der Waals surface area contributed by atoms with E-state index in [0.717, 1.165) is 37.8 Å². The summed E-state index contributed by atoms with van der Waals surface area (Å²) in [4.78, 5) is 13.5. The summed E-state index contributed by atoms with van der Waals surface area (Å²) in [5.41, 5.74) is 2.51. The van der Waals surface area contributed by atoms with Gasteiger partial charge in [-0.1, -0.05) is 12.1 Å². The van der Waals surface area contributed by atoms with Crippen molar-refractivity contribution in [3.63, 3.8) is 0 Å². The van der Waals surface area contributed by atoms with E-state index in [1.807, 2.05) is 31.5 Å². The molecule has 0 aliphatic carbocycles. The Morgan fingerprint density at radius 2 is 1.83 bits per heavy atom. The van der Waals surface area contributed by atoms with E-state index in [9.17, 15) is 0 Å². The summed E-state index contributed by atoms with van der Waals surface area (Å²) in [5, 5.41) is 0. The van der Waals surface area contributed by atoms with Gasteiger partial charge in [0.15, 0.2) is 0 Å². The standard InChI is InChI=1S/C18H24N4O/c1-14-19-10-15(11-20-14)12-22-9-8-21(2)18(13-22)16-4-6-17(23-3)7-5-16/h4-7,10-11,18H,8-9,12-13H2,1-3H3/t18-/m1/s1. The van der Waals surface area contributed by atoms with Crippen LogP contribution in [0.5, 0.6) is 5.75 Å². The molecule has 1 saturated heterocycles. The molecule has 0 spiro atoms. The predicted molar refractivity (Wildman–Crippen MR) is 90.4 cm³/mol. The Morgan fingerprint density at radius 1 is 1.13 bits per heavy atom. The molecular formula is C18H24N4O. The quantitative estimate of drug-likeness (QED) is 0.866. The van der Waals surface area contributed by atoms with Crippen molar-refractivity contribution in [3.8, 4) is 5.75 Å². The monoisotopic (exact) mass is 312 g/mol. The Hall–Kier alpha value is -1.98. The minimum atomic E-state index is 0.404. The van der Waals surface area contributed by atoms with E-state index in [-0.39, 0.29) is 0 Å². The fraction of sp³-hybridized carbons (Fsp3) is 0.444. The number of ether oxygens (including phenoxy) is 1. The zero-order chi connectivity index (χ0) is 16.2. The third-order valence-corrected chi connectivity index (χ3v) is 4.47.